The summed E-state index contributed by atoms with van der Waals surface area (Å²) in [5.41, 5.74) is 3.19. The zero-order chi connectivity index (χ0) is 17.2. The Labute approximate surface area is 142 Å². The lowest BCUT2D eigenvalue weighted by Crippen LogP contribution is -2.26. The zero-order valence-corrected chi connectivity index (χ0v) is 14.0. The Bertz CT molecular complexity index is 664. The van der Waals surface area contributed by atoms with E-state index in [-0.39, 0.29) is 12.5 Å². The van der Waals surface area contributed by atoms with Crippen LogP contribution in [0.1, 0.15) is 23.6 Å². The first-order valence-electron chi connectivity index (χ1n) is 7.85. The number of carbonyl (C=O) groups is 1. The number of nitrogens with one attached hydrogen (secondary N) is 1. The van der Waals surface area contributed by atoms with E-state index in [9.17, 15) is 4.79 Å². The first-order valence-corrected chi connectivity index (χ1v) is 7.85. The SMILES string of the molecule is CCc1ccc(/C=N\OCC(=O)NCc2ccc(OC)cc2)cc1. The number of hydrogen-bond acceptors (Lipinski definition) is 4. The second-order valence-corrected chi connectivity index (χ2v) is 5.23. The van der Waals surface area contributed by atoms with Gasteiger partial charge in [-0.3, -0.25) is 4.79 Å². The van der Waals surface area contributed by atoms with Gasteiger partial charge in [0, 0.05) is 6.54 Å². The van der Waals surface area contributed by atoms with Crippen LogP contribution in [0.4, 0.5) is 0 Å². The molecule has 0 unspecified atom stereocenters. The molecule has 2 aromatic rings. The Kier molecular flexibility index (Phi) is 6.83. The second-order valence-electron chi connectivity index (χ2n) is 5.23. The number of hydrogen-bond donors (Lipinski definition) is 1. The van der Waals surface area contributed by atoms with E-state index in [1.807, 2.05) is 48.5 Å². The van der Waals surface area contributed by atoms with Crippen molar-refractivity contribution in [3.8, 4) is 5.75 Å². The summed E-state index contributed by atoms with van der Waals surface area (Å²) in [5, 5.41) is 6.58. The fourth-order valence-corrected chi connectivity index (χ4v) is 2.03. The topological polar surface area (TPSA) is 59.9 Å². The molecule has 24 heavy (non-hydrogen) atoms. The maximum atomic E-state index is 11.7. The summed E-state index contributed by atoms with van der Waals surface area (Å²) < 4.78 is 5.09. The van der Waals surface area contributed by atoms with E-state index in [1.54, 1.807) is 13.3 Å². The van der Waals surface area contributed by atoms with Crippen LogP contribution in [0, 0.1) is 0 Å². The van der Waals surface area contributed by atoms with E-state index < -0.39 is 0 Å². The van der Waals surface area contributed by atoms with Crippen LogP contribution in [-0.4, -0.2) is 25.8 Å². The molecule has 0 aliphatic carbocycles. The van der Waals surface area contributed by atoms with Gasteiger partial charge in [-0.1, -0.05) is 48.5 Å². The van der Waals surface area contributed by atoms with Crippen LogP contribution >= 0.6 is 0 Å². The van der Waals surface area contributed by atoms with E-state index >= 15 is 0 Å². The highest BCUT2D eigenvalue weighted by molar-refractivity contribution is 5.79. The molecular weight excluding hydrogens is 304 g/mol. The lowest BCUT2D eigenvalue weighted by Gasteiger charge is -2.05. The molecule has 1 amide bonds. The molecule has 0 heterocycles. The van der Waals surface area contributed by atoms with Crippen LogP contribution < -0.4 is 10.1 Å². The minimum absolute atomic E-state index is 0.111. The zero-order valence-electron chi connectivity index (χ0n) is 14.0. The van der Waals surface area contributed by atoms with Gasteiger partial charge in [-0.15, -0.1) is 0 Å². The van der Waals surface area contributed by atoms with Crippen molar-refractivity contribution >= 4 is 12.1 Å². The van der Waals surface area contributed by atoms with Gasteiger partial charge in [0.25, 0.3) is 5.91 Å². The van der Waals surface area contributed by atoms with Gasteiger partial charge in [0.05, 0.1) is 13.3 Å². The van der Waals surface area contributed by atoms with Gasteiger partial charge in [0.1, 0.15) is 5.75 Å². The molecule has 0 aliphatic heterocycles. The molecule has 5 nitrogen and oxygen atoms in total. The van der Waals surface area contributed by atoms with E-state index in [0.717, 1.165) is 23.3 Å². The third kappa shape index (κ3) is 5.76. The number of aryl methyl sites for hydroxylation is 1. The number of amides is 1. The largest absolute Gasteiger partial charge is 0.497 e. The number of ether oxygens (including phenoxy) is 1. The molecule has 2 aromatic carbocycles. The minimum atomic E-state index is -0.218. The van der Waals surface area contributed by atoms with Gasteiger partial charge in [-0.2, -0.15) is 0 Å². The molecule has 0 saturated carbocycles. The fourth-order valence-electron chi connectivity index (χ4n) is 2.03. The maximum Gasteiger partial charge on any atom is 0.261 e. The molecule has 5 heteroatoms. The van der Waals surface area contributed by atoms with Gasteiger partial charge in [0.2, 0.25) is 0 Å². The first-order chi connectivity index (χ1) is 11.7. The molecule has 0 bridgehead atoms. The van der Waals surface area contributed by atoms with Crippen molar-refractivity contribution < 1.29 is 14.4 Å². The van der Waals surface area contributed by atoms with E-state index in [0.29, 0.717) is 6.54 Å². The molecule has 126 valence electrons. The van der Waals surface area contributed by atoms with Crippen molar-refractivity contribution in [2.75, 3.05) is 13.7 Å². The molecule has 0 spiro atoms. The van der Waals surface area contributed by atoms with Crippen molar-refractivity contribution in [1.82, 2.24) is 5.32 Å². The molecule has 0 fully saturated rings. The lowest BCUT2D eigenvalue weighted by molar-refractivity contribution is -0.125. The number of oxime groups is 1. The first kappa shape index (κ1) is 17.5. The maximum absolute atomic E-state index is 11.7. The molecule has 1 N–H and O–H groups in total. The lowest BCUT2D eigenvalue weighted by atomic mass is 10.1. The number of benzene rings is 2. The van der Waals surface area contributed by atoms with Gasteiger partial charge in [-0.25, -0.2) is 0 Å². The summed E-state index contributed by atoms with van der Waals surface area (Å²) in [5.74, 6) is 0.569. The van der Waals surface area contributed by atoms with Gasteiger partial charge in [0.15, 0.2) is 6.61 Å². The van der Waals surface area contributed by atoms with E-state index in [2.05, 4.69) is 17.4 Å². The smallest absolute Gasteiger partial charge is 0.261 e. The van der Waals surface area contributed by atoms with Gasteiger partial charge in [-0.05, 0) is 35.2 Å². The van der Waals surface area contributed by atoms with Crippen LogP contribution in [-0.2, 0) is 22.6 Å². The number of nitrogens with zero attached hydrogens (tertiary/aromatic N) is 1. The predicted molar refractivity (Wildman–Crippen MR) is 94.2 cm³/mol. The van der Waals surface area contributed by atoms with Crippen LogP contribution in [0.2, 0.25) is 0 Å². The number of carbonyl (C=O) groups excluding carboxylic acids is 1. The van der Waals surface area contributed by atoms with E-state index in [4.69, 9.17) is 9.57 Å². The monoisotopic (exact) mass is 326 g/mol. The second kappa shape index (κ2) is 9.35. The normalized spacial score (nSPS) is 10.6. The summed E-state index contributed by atoms with van der Waals surface area (Å²) in [6.45, 7) is 2.44. The average Bonchev–Trinajstić information content (AvgIpc) is 2.64. The highest BCUT2D eigenvalue weighted by Crippen LogP contribution is 2.10. The minimum Gasteiger partial charge on any atom is -0.497 e. The summed E-state index contributed by atoms with van der Waals surface area (Å²) in [6, 6.07) is 15.5. The van der Waals surface area contributed by atoms with Crippen molar-refractivity contribution in [2.24, 2.45) is 5.16 Å². The Morgan fingerprint density at radius 2 is 1.75 bits per heavy atom. The number of rotatable bonds is 8. The van der Waals surface area contributed by atoms with Crippen LogP contribution in [0.3, 0.4) is 0 Å². The highest BCUT2D eigenvalue weighted by Gasteiger charge is 2.01. The Morgan fingerprint density at radius 1 is 1.08 bits per heavy atom. The quantitative estimate of drug-likeness (QED) is 0.599. The van der Waals surface area contributed by atoms with Crippen LogP contribution in [0.15, 0.2) is 53.7 Å². The highest BCUT2D eigenvalue weighted by atomic mass is 16.6. The van der Waals surface area contributed by atoms with Crippen molar-refractivity contribution in [1.29, 1.82) is 0 Å². The van der Waals surface area contributed by atoms with Crippen LogP contribution in [0.25, 0.3) is 0 Å². The van der Waals surface area contributed by atoms with Gasteiger partial charge < -0.3 is 14.9 Å². The van der Waals surface area contributed by atoms with E-state index in [1.165, 1.54) is 5.56 Å². The number of methoxy groups -OCH3 is 1. The predicted octanol–water partition coefficient (Wildman–Crippen LogP) is 2.92. The third-order valence-electron chi connectivity index (χ3n) is 3.51. The average molecular weight is 326 g/mol. The molecule has 2 rings (SSSR count). The summed E-state index contributed by atoms with van der Waals surface area (Å²) in [7, 11) is 1.62. The van der Waals surface area contributed by atoms with Crippen molar-refractivity contribution in [3.63, 3.8) is 0 Å². The summed E-state index contributed by atoms with van der Waals surface area (Å²) >= 11 is 0. The fraction of sp³-hybridized carbons (Fsp3) is 0.263. The molecule has 0 aliphatic rings. The van der Waals surface area contributed by atoms with Crippen LogP contribution in [0.5, 0.6) is 5.75 Å². The molecule has 0 atom stereocenters. The van der Waals surface area contributed by atoms with Gasteiger partial charge >= 0.3 is 0 Å². The third-order valence-corrected chi connectivity index (χ3v) is 3.51. The molecule has 0 aromatic heterocycles. The Hall–Kier alpha value is -2.82. The summed E-state index contributed by atoms with van der Waals surface area (Å²) in [4.78, 5) is 16.7. The molecule has 0 radical (unpaired) electrons. The summed E-state index contributed by atoms with van der Waals surface area (Å²) in [6.07, 6.45) is 2.60. The molecular formula is C19H22N2O3. The Morgan fingerprint density at radius 3 is 2.38 bits per heavy atom. The Balaban J connectivity index is 1.69. The standard InChI is InChI=1S/C19H22N2O3/c1-3-15-4-6-17(7-5-15)13-21-24-14-19(22)20-12-16-8-10-18(23-2)11-9-16/h4-11,13H,3,12,14H2,1-2H3,(H,20,22)/b21-13-. The van der Waals surface area contributed by atoms with Crippen molar-refractivity contribution in [2.45, 2.75) is 19.9 Å². The molecule has 0 saturated heterocycles. The van der Waals surface area contributed by atoms with Crippen molar-refractivity contribution in [3.05, 3.63) is 65.2 Å².